The molecule has 0 aliphatic rings. The van der Waals surface area contributed by atoms with Crippen LogP contribution < -0.4 is 10.1 Å². The Bertz CT molecular complexity index is 916. The number of phenolic OH excluding ortho intramolecular Hbond substituents is 1. The van der Waals surface area contributed by atoms with Crippen molar-refractivity contribution < 1.29 is 20.3 Å². The summed E-state index contributed by atoms with van der Waals surface area (Å²) in [6.07, 6.45) is -0.626. The fourth-order valence-corrected chi connectivity index (χ4v) is 3.26. The molecule has 0 unspecified atom stereocenters. The minimum Gasteiger partial charge on any atom is -0.508 e. The molecule has 0 aliphatic carbocycles. The van der Waals surface area contributed by atoms with Crippen molar-refractivity contribution in [2.45, 2.75) is 19.3 Å². The number of ether oxygens (including phenoxy) is 1. The Kier molecular flexibility index (Phi) is 7.18. The lowest BCUT2D eigenvalue weighted by molar-refractivity contribution is -0.677. The number of hydrogen-bond acceptors (Lipinski definition) is 3. The van der Waals surface area contributed by atoms with E-state index in [-0.39, 0.29) is 5.75 Å². The van der Waals surface area contributed by atoms with Gasteiger partial charge < -0.3 is 20.3 Å². The number of phenols is 1. The first-order valence-electron chi connectivity index (χ1n) is 8.95. The van der Waals surface area contributed by atoms with Crippen LogP contribution in [0.1, 0.15) is 22.8 Å². The van der Waals surface area contributed by atoms with Crippen molar-refractivity contribution in [3.63, 3.8) is 0 Å². The van der Waals surface area contributed by atoms with Crippen LogP contribution in [-0.2, 0) is 13.2 Å². The highest BCUT2D eigenvalue weighted by atomic mass is 35.5. The number of quaternary nitrogens is 1. The zero-order chi connectivity index (χ0) is 19.9. The Labute approximate surface area is 174 Å². The Hall–Kier alpha value is -2.24. The van der Waals surface area contributed by atoms with Crippen LogP contribution in [0, 0.1) is 0 Å². The summed E-state index contributed by atoms with van der Waals surface area (Å²) in [5.74, 6) is 0.918. The highest BCUT2D eigenvalue weighted by molar-refractivity contribution is 6.35. The second kappa shape index (κ2) is 9.80. The molecule has 0 saturated heterocycles. The van der Waals surface area contributed by atoms with E-state index in [1.54, 1.807) is 36.4 Å². The quantitative estimate of drug-likeness (QED) is 0.516. The zero-order valence-corrected chi connectivity index (χ0v) is 16.7. The second-order valence-corrected chi connectivity index (χ2v) is 7.35. The van der Waals surface area contributed by atoms with E-state index in [1.165, 1.54) is 0 Å². The van der Waals surface area contributed by atoms with Gasteiger partial charge in [0.1, 0.15) is 37.3 Å². The Morgan fingerprint density at radius 1 is 0.964 bits per heavy atom. The molecule has 0 spiro atoms. The summed E-state index contributed by atoms with van der Waals surface area (Å²) in [6, 6.07) is 19.9. The van der Waals surface area contributed by atoms with Crippen LogP contribution in [0.5, 0.6) is 11.5 Å². The molecule has 3 aromatic rings. The predicted molar refractivity (Wildman–Crippen MR) is 111 cm³/mol. The van der Waals surface area contributed by atoms with E-state index in [1.807, 2.05) is 35.6 Å². The Morgan fingerprint density at radius 3 is 2.46 bits per heavy atom. The molecule has 6 heteroatoms. The van der Waals surface area contributed by atoms with E-state index in [0.717, 1.165) is 23.4 Å². The second-order valence-electron chi connectivity index (χ2n) is 6.51. The summed E-state index contributed by atoms with van der Waals surface area (Å²) in [6.45, 7) is 1.62. The zero-order valence-electron chi connectivity index (χ0n) is 15.2. The largest absolute Gasteiger partial charge is 0.508 e. The summed E-state index contributed by atoms with van der Waals surface area (Å²) in [4.78, 5) is 0. The van der Waals surface area contributed by atoms with Crippen LogP contribution in [0.2, 0.25) is 10.0 Å². The van der Waals surface area contributed by atoms with E-state index in [2.05, 4.69) is 0 Å². The minimum atomic E-state index is -0.626. The normalized spacial score (nSPS) is 12.0. The van der Waals surface area contributed by atoms with Crippen molar-refractivity contribution in [1.82, 2.24) is 0 Å². The Morgan fingerprint density at radius 2 is 1.75 bits per heavy atom. The first-order valence-corrected chi connectivity index (χ1v) is 9.71. The summed E-state index contributed by atoms with van der Waals surface area (Å²) in [7, 11) is 0. The van der Waals surface area contributed by atoms with Crippen molar-refractivity contribution in [3.05, 3.63) is 93.5 Å². The lowest BCUT2D eigenvalue weighted by atomic mass is 10.1. The predicted octanol–water partition coefficient (Wildman–Crippen LogP) is 4.08. The fraction of sp³-hybridized carbons (Fsp3) is 0.182. The van der Waals surface area contributed by atoms with Gasteiger partial charge in [-0.05, 0) is 54.1 Å². The molecule has 0 bridgehead atoms. The molecular weight excluding hydrogens is 397 g/mol. The summed E-state index contributed by atoms with van der Waals surface area (Å²) in [5, 5.41) is 22.9. The number of benzene rings is 3. The molecule has 3 rings (SSSR count). The van der Waals surface area contributed by atoms with Crippen molar-refractivity contribution in [3.8, 4) is 11.5 Å². The molecule has 0 heterocycles. The average molecular weight is 419 g/mol. The van der Waals surface area contributed by atoms with E-state index < -0.39 is 6.10 Å². The summed E-state index contributed by atoms with van der Waals surface area (Å²) >= 11 is 12.1. The highest BCUT2D eigenvalue weighted by Gasteiger charge is 2.10. The van der Waals surface area contributed by atoms with Gasteiger partial charge in [-0.2, -0.15) is 0 Å². The molecular formula is C22H22Cl2NO3+. The molecule has 0 saturated carbocycles. The maximum atomic E-state index is 10.2. The van der Waals surface area contributed by atoms with Crippen LogP contribution >= 0.6 is 23.2 Å². The van der Waals surface area contributed by atoms with E-state index in [4.69, 9.17) is 27.9 Å². The van der Waals surface area contributed by atoms with Crippen molar-refractivity contribution >= 4 is 23.2 Å². The Balaban J connectivity index is 1.46. The monoisotopic (exact) mass is 418 g/mol. The molecule has 4 N–H and O–H groups in total. The van der Waals surface area contributed by atoms with Crippen molar-refractivity contribution in [1.29, 1.82) is 0 Å². The molecule has 0 fully saturated rings. The van der Waals surface area contributed by atoms with Crippen LogP contribution in [0.4, 0.5) is 0 Å². The van der Waals surface area contributed by atoms with Gasteiger partial charge in [0, 0.05) is 21.2 Å². The smallest absolute Gasteiger partial charge is 0.128 e. The maximum Gasteiger partial charge on any atom is 0.128 e. The van der Waals surface area contributed by atoms with Gasteiger partial charge in [0.05, 0.1) is 0 Å². The standard InChI is InChI=1S/C22H21Cl2NO3/c23-18-7-6-17(21(24)11-18)14-28-20-8-4-15(5-9-20)12-25-13-22(27)16-2-1-3-19(26)10-16/h1-11,22,25-27H,12-14H2/p+1/t22-/m0/s1. The van der Waals surface area contributed by atoms with E-state index >= 15 is 0 Å². The third kappa shape index (κ3) is 5.88. The third-order valence-electron chi connectivity index (χ3n) is 4.36. The first-order chi connectivity index (χ1) is 13.5. The topological polar surface area (TPSA) is 66.3 Å². The number of aliphatic hydroxyl groups is 1. The number of aliphatic hydroxyl groups excluding tert-OH is 1. The number of nitrogens with two attached hydrogens (primary N) is 1. The van der Waals surface area contributed by atoms with Gasteiger partial charge in [-0.1, -0.05) is 41.4 Å². The van der Waals surface area contributed by atoms with E-state index in [9.17, 15) is 10.2 Å². The number of rotatable bonds is 8. The van der Waals surface area contributed by atoms with Gasteiger partial charge in [0.25, 0.3) is 0 Å². The highest BCUT2D eigenvalue weighted by Crippen LogP contribution is 2.23. The van der Waals surface area contributed by atoms with E-state index in [0.29, 0.717) is 28.8 Å². The molecule has 0 aromatic heterocycles. The van der Waals surface area contributed by atoms with Crippen LogP contribution in [-0.4, -0.2) is 16.8 Å². The summed E-state index contributed by atoms with van der Waals surface area (Å²) < 4.78 is 5.78. The first kappa shape index (κ1) is 20.5. The summed E-state index contributed by atoms with van der Waals surface area (Å²) in [5.41, 5.74) is 2.71. The molecule has 0 amide bonds. The van der Waals surface area contributed by atoms with Gasteiger partial charge in [-0.25, -0.2) is 0 Å². The number of aromatic hydroxyl groups is 1. The van der Waals surface area contributed by atoms with Crippen LogP contribution in [0.3, 0.4) is 0 Å². The SMILES string of the molecule is Oc1cccc([C@@H](O)C[NH2+]Cc2ccc(OCc3ccc(Cl)cc3Cl)cc2)c1. The van der Waals surface area contributed by atoms with Gasteiger partial charge >= 0.3 is 0 Å². The lowest BCUT2D eigenvalue weighted by Crippen LogP contribution is -2.83. The lowest BCUT2D eigenvalue weighted by Gasteiger charge is -2.11. The van der Waals surface area contributed by atoms with Crippen molar-refractivity contribution in [2.75, 3.05) is 6.54 Å². The number of halogens is 2. The fourth-order valence-electron chi connectivity index (χ4n) is 2.80. The molecule has 3 aromatic carbocycles. The molecule has 146 valence electrons. The van der Waals surface area contributed by atoms with Gasteiger partial charge in [-0.15, -0.1) is 0 Å². The third-order valence-corrected chi connectivity index (χ3v) is 4.94. The van der Waals surface area contributed by atoms with Gasteiger partial charge in [0.2, 0.25) is 0 Å². The van der Waals surface area contributed by atoms with Crippen LogP contribution in [0.25, 0.3) is 0 Å². The molecule has 0 radical (unpaired) electrons. The molecule has 1 atom stereocenters. The number of hydrogen-bond donors (Lipinski definition) is 3. The average Bonchev–Trinajstić information content (AvgIpc) is 2.68. The maximum absolute atomic E-state index is 10.2. The molecule has 28 heavy (non-hydrogen) atoms. The van der Waals surface area contributed by atoms with Gasteiger partial charge in [0.15, 0.2) is 0 Å². The van der Waals surface area contributed by atoms with Crippen LogP contribution in [0.15, 0.2) is 66.7 Å². The minimum absolute atomic E-state index is 0.159. The van der Waals surface area contributed by atoms with Crippen molar-refractivity contribution in [2.24, 2.45) is 0 Å². The van der Waals surface area contributed by atoms with Gasteiger partial charge in [-0.3, -0.25) is 0 Å². The molecule has 0 aliphatic heterocycles. The molecule has 4 nitrogen and oxygen atoms in total.